The SMILES string of the molecule is CC[C@H](C(=O)NC1CCCC1)N(Cc1ccc(F)cc1)C(=O)COc1ccccc1C(C)(C)C. The molecule has 0 heterocycles. The molecule has 1 saturated carbocycles. The van der Waals surface area contributed by atoms with E-state index < -0.39 is 6.04 Å². The number of nitrogens with zero attached hydrogens (tertiary/aromatic N) is 1. The Kier molecular flexibility index (Phi) is 8.70. The van der Waals surface area contributed by atoms with Gasteiger partial charge in [-0.1, -0.05) is 70.9 Å². The zero-order chi connectivity index (χ0) is 24.7. The molecule has 1 N–H and O–H groups in total. The molecule has 1 aliphatic rings. The predicted octanol–water partition coefficient (Wildman–Crippen LogP) is 5.37. The molecule has 0 saturated heterocycles. The monoisotopic (exact) mass is 468 g/mol. The number of amides is 2. The minimum absolute atomic E-state index is 0.138. The maximum Gasteiger partial charge on any atom is 0.261 e. The summed E-state index contributed by atoms with van der Waals surface area (Å²) in [6.07, 6.45) is 4.65. The van der Waals surface area contributed by atoms with Gasteiger partial charge in [0.15, 0.2) is 6.61 Å². The van der Waals surface area contributed by atoms with Gasteiger partial charge in [0, 0.05) is 12.6 Å². The van der Waals surface area contributed by atoms with E-state index in [1.54, 1.807) is 17.0 Å². The summed E-state index contributed by atoms with van der Waals surface area (Å²) in [6.45, 7) is 8.22. The molecule has 34 heavy (non-hydrogen) atoms. The van der Waals surface area contributed by atoms with Crippen molar-refractivity contribution in [3.63, 3.8) is 0 Å². The van der Waals surface area contributed by atoms with Crippen molar-refractivity contribution in [3.05, 3.63) is 65.5 Å². The lowest BCUT2D eigenvalue weighted by Gasteiger charge is -2.31. The summed E-state index contributed by atoms with van der Waals surface area (Å²) in [4.78, 5) is 28.2. The Morgan fingerprint density at radius 1 is 1.09 bits per heavy atom. The number of rotatable bonds is 9. The maximum atomic E-state index is 13.4. The molecule has 0 radical (unpaired) electrons. The van der Waals surface area contributed by atoms with Crippen LogP contribution in [0.2, 0.25) is 0 Å². The van der Waals surface area contributed by atoms with Crippen molar-refractivity contribution in [3.8, 4) is 5.75 Å². The van der Waals surface area contributed by atoms with Crippen molar-refractivity contribution in [1.29, 1.82) is 0 Å². The molecule has 3 rings (SSSR count). The summed E-state index contributed by atoms with van der Waals surface area (Å²) in [7, 11) is 0. The highest BCUT2D eigenvalue weighted by Crippen LogP contribution is 2.31. The third-order valence-electron chi connectivity index (χ3n) is 6.40. The second kappa shape index (κ2) is 11.5. The Hall–Kier alpha value is -2.89. The highest BCUT2D eigenvalue weighted by Gasteiger charge is 2.31. The molecule has 184 valence electrons. The number of hydrogen-bond acceptors (Lipinski definition) is 3. The number of hydrogen-bond donors (Lipinski definition) is 1. The quantitative estimate of drug-likeness (QED) is 0.538. The van der Waals surface area contributed by atoms with Gasteiger partial charge in [-0.2, -0.15) is 0 Å². The Bertz CT molecular complexity index is 962. The molecule has 0 unspecified atom stereocenters. The van der Waals surface area contributed by atoms with Crippen LogP contribution >= 0.6 is 0 Å². The van der Waals surface area contributed by atoms with Gasteiger partial charge in [0.25, 0.3) is 5.91 Å². The normalized spacial score (nSPS) is 15.1. The van der Waals surface area contributed by atoms with Gasteiger partial charge in [-0.15, -0.1) is 0 Å². The van der Waals surface area contributed by atoms with E-state index in [0.29, 0.717) is 12.2 Å². The lowest BCUT2D eigenvalue weighted by atomic mass is 9.86. The molecule has 5 nitrogen and oxygen atoms in total. The van der Waals surface area contributed by atoms with E-state index in [4.69, 9.17) is 4.74 Å². The van der Waals surface area contributed by atoms with Gasteiger partial charge in [-0.3, -0.25) is 9.59 Å². The molecular formula is C28H37FN2O3. The lowest BCUT2D eigenvalue weighted by Crippen LogP contribution is -2.52. The van der Waals surface area contributed by atoms with Gasteiger partial charge in [0.1, 0.15) is 17.6 Å². The van der Waals surface area contributed by atoms with Gasteiger partial charge < -0.3 is 15.0 Å². The van der Waals surface area contributed by atoms with E-state index >= 15 is 0 Å². The fourth-order valence-corrected chi connectivity index (χ4v) is 4.51. The van der Waals surface area contributed by atoms with Crippen LogP contribution in [-0.4, -0.2) is 35.4 Å². The van der Waals surface area contributed by atoms with Crippen LogP contribution in [0.5, 0.6) is 5.75 Å². The average molecular weight is 469 g/mol. The first-order valence-corrected chi connectivity index (χ1v) is 12.3. The fraction of sp³-hybridized carbons (Fsp3) is 0.500. The second-order valence-electron chi connectivity index (χ2n) is 10.1. The largest absolute Gasteiger partial charge is 0.483 e. The standard InChI is InChI=1S/C28H37FN2O3/c1-5-24(27(33)30-22-10-6-7-11-22)31(18-20-14-16-21(29)17-15-20)26(32)19-34-25-13-9-8-12-23(25)28(2,3)4/h8-9,12-17,22,24H,5-7,10-11,18-19H2,1-4H3,(H,30,33)/t24-/m1/s1. The van der Waals surface area contributed by atoms with Crippen molar-refractivity contribution in [2.45, 2.75) is 83.8 Å². The second-order valence-corrected chi connectivity index (χ2v) is 10.1. The van der Waals surface area contributed by atoms with Crippen molar-refractivity contribution in [1.82, 2.24) is 10.2 Å². The number of carbonyl (C=O) groups is 2. The van der Waals surface area contributed by atoms with E-state index in [-0.39, 0.29) is 42.2 Å². The van der Waals surface area contributed by atoms with Crippen LogP contribution < -0.4 is 10.1 Å². The number of ether oxygens (including phenoxy) is 1. The maximum absolute atomic E-state index is 13.4. The molecule has 0 aromatic heterocycles. The highest BCUT2D eigenvalue weighted by atomic mass is 19.1. The van der Waals surface area contributed by atoms with E-state index in [0.717, 1.165) is 36.8 Å². The molecule has 1 atom stereocenters. The van der Waals surface area contributed by atoms with Crippen molar-refractivity contribution < 1.29 is 18.7 Å². The number of benzene rings is 2. The molecule has 1 aliphatic carbocycles. The molecular weight excluding hydrogens is 431 g/mol. The zero-order valence-electron chi connectivity index (χ0n) is 20.8. The van der Waals surface area contributed by atoms with E-state index in [1.165, 1.54) is 12.1 Å². The van der Waals surface area contributed by atoms with Crippen LogP contribution in [0.1, 0.15) is 70.9 Å². The Labute approximate surface area is 202 Å². The molecule has 0 spiro atoms. The van der Waals surface area contributed by atoms with Crippen LogP contribution in [0.15, 0.2) is 48.5 Å². The van der Waals surface area contributed by atoms with Gasteiger partial charge in [0.05, 0.1) is 0 Å². The summed E-state index contributed by atoms with van der Waals surface area (Å²) in [5.74, 6) is -0.0929. The van der Waals surface area contributed by atoms with Gasteiger partial charge >= 0.3 is 0 Å². The lowest BCUT2D eigenvalue weighted by molar-refractivity contribution is -0.143. The number of para-hydroxylation sites is 1. The van der Waals surface area contributed by atoms with Crippen molar-refractivity contribution in [2.24, 2.45) is 0 Å². The Balaban J connectivity index is 1.79. The first kappa shape index (κ1) is 25.7. The molecule has 2 aromatic carbocycles. The Morgan fingerprint density at radius 2 is 1.74 bits per heavy atom. The summed E-state index contributed by atoms with van der Waals surface area (Å²) in [5.41, 5.74) is 1.64. The predicted molar refractivity (Wildman–Crippen MR) is 132 cm³/mol. The first-order valence-electron chi connectivity index (χ1n) is 12.3. The molecule has 2 aromatic rings. The molecule has 0 bridgehead atoms. The Morgan fingerprint density at radius 3 is 2.35 bits per heavy atom. The first-order chi connectivity index (χ1) is 16.2. The van der Waals surface area contributed by atoms with Crippen LogP contribution in [-0.2, 0) is 21.5 Å². The zero-order valence-corrected chi connectivity index (χ0v) is 20.8. The summed E-state index contributed by atoms with van der Waals surface area (Å²) < 4.78 is 19.4. The molecule has 1 fully saturated rings. The van der Waals surface area contributed by atoms with Crippen molar-refractivity contribution in [2.75, 3.05) is 6.61 Å². The number of nitrogens with one attached hydrogen (secondary N) is 1. The van der Waals surface area contributed by atoms with Gasteiger partial charge in [-0.25, -0.2) is 4.39 Å². The molecule has 2 amide bonds. The fourth-order valence-electron chi connectivity index (χ4n) is 4.51. The van der Waals surface area contributed by atoms with E-state index in [2.05, 4.69) is 26.1 Å². The van der Waals surface area contributed by atoms with Crippen molar-refractivity contribution >= 4 is 11.8 Å². The average Bonchev–Trinajstić information content (AvgIpc) is 3.31. The van der Waals surface area contributed by atoms with Gasteiger partial charge in [0.2, 0.25) is 5.91 Å². The van der Waals surface area contributed by atoms with E-state index in [1.807, 2.05) is 31.2 Å². The van der Waals surface area contributed by atoms with Crippen LogP contribution in [0.25, 0.3) is 0 Å². The summed E-state index contributed by atoms with van der Waals surface area (Å²) in [6, 6.07) is 13.3. The number of halogens is 1. The van der Waals surface area contributed by atoms with Crippen LogP contribution in [0.3, 0.4) is 0 Å². The topological polar surface area (TPSA) is 58.6 Å². The molecule has 0 aliphatic heterocycles. The summed E-state index contributed by atoms with van der Waals surface area (Å²) >= 11 is 0. The third-order valence-corrected chi connectivity index (χ3v) is 6.40. The van der Waals surface area contributed by atoms with Gasteiger partial charge in [-0.05, 0) is 54.0 Å². The highest BCUT2D eigenvalue weighted by molar-refractivity contribution is 5.88. The molecule has 6 heteroatoms. The number of carbonyl (C=O) groups excluding carboxylic acids is 2. The van der Waals surface area contributed by atoms with Crippen LogP contribution in [0, 0.1) is 5.82 Å². The third kappa shape index (κ3) is 6.81. The van der Waals surface area contributed by atoms with Crippen LogP contribution in [0.4, 0.5) is 4.39 Å². The smallest absolute Gasteiger partial charge is 0.261 e. The summed E-state index contributed by atoms with van der Waals surface area (Å²) in [5, 5.41) is 3.13. The minimum Gasteiger partial charge on any atom is -0.483 e. The minimum atomic E-state index is -0.625. The van der Waals surface area contributed by atoms with E-state index in [9.17, 15) is 14.0 Å².